The predicted octanol–water partition coefficient (Wildman–Crippen LogP) is 5.76. The molecule has 0 aromatic heterocycles. The fourth-order valence-electron chi connectivity index (χ4n) is 7.28. The lowest BCUT2D eigenvalue weighted by Gasteiger charge is -2.57. The van der Waals surface area contributed by atoms with Gasteiger partial charge in [0, 0.05) is 11.3 Å². The van der Waals surface area contributed by atoms with Gasteiger partial charge in [0.2, 0.25) is 0 Å². The van der Waals surface area contributed by atoms with Crippen molar-refractivity contribution in [2.24, 2.45) is 34.5 Å². The second-order valence-corrected chi connectivity index (χ2v) is 10.0. The van der Waals surface area contributed by atoms with Crippen molar-refractivity contribution in [3.8, 4) is 0 Å². The monoisotopic (exact) mass is 334 g/mol. The van der Waals surface area contributed by atoms with E-state index in [-0.39, 0.29) is 5.41 Å². The second-order valence-electron chi connectivity index (χ2n) is 9.38. The highest BCUT2D eigenvalue weighted by Crippen LogP contribution is 2.66. The van der Waals surface area contributed by atoms with E-state index in [1.807, 2.05) is 6.92 Å². The van der Waals surface area contributed by atoms with Crippen LogP contribution in [0.15, 0.2) is 11.6 Å². The van der Waals surface area contributed by atoms with Gasteiger partial charge in [-0.1, -0.05) is 25.5 Å². The van der Waals surface area contributed by atoms with E-state index >= 15 is 0 Å². The lowest BCUT2D eigenvalue weighted by Crippen LogP contribution is -2.50. The molecule has 3 saturated carbocycles. The van der Waals surface area contributed by atoms with Crippen molar-refractivity contribution in [3.63, 3.8) is 0 Å². The summed E-state index contributed by atoms with van der Waals surface area (Å²) >= 11 is 6.46. The van der Waals surface area contributed by atoms with Crippen LogP contribution in [0.3, 0.4) is 0 Å². The van der Waals surface area contributed by atoms with E-state index in [4.69, 9.17) is 11.6 Å². The van der Waals surface area contributed by atoms with Gasteiger partial charge in [0.05, 0.1) is 0 Å². The third-order valence-corrected chi connectivity index (χ3v) is 8.91. The molecule has 0 spiro atoms. The molecule has 0 heterocycles. The summed E-state index contributed by atoms with van der Waals surface area (Å²) in [6.45, 7) is 6.79. The molecule has 0 aromatic carbocycles. The molecule has 1 nitrogen and oxygen atoms in total. The molecule has 128 valence electrons. The predicted molar refractivity (Wildman–Crippen MR) is 95.5 cm³/mol. The summed E-state index contributed by atoms with van der Waals surface area (Å²) in [5, 5.41) is 0.355. The van der Waals surface area contributed by atoms with Crippen LogP contribution in [0.1, 0.15) is 72.1 Å². The quantitative estimate of drug-likeness (QED) is 0.440. The standard InChI is InChI=1S/C21H31ClO/c1-13(23)17-6-7-18-16-5-4-14-12-15(22)8-10-20(14,2)19(16)9-11-21(17,18)3/h4,15-19H,5-12H2,1-3H3/t15-,16+,17-,18+,19+,20+,21-/m1/s1. The van der Waals surface area contributed by atoms with Gasteiger partial charge in [-0.3, -0.25) is 4.79 Å². The van der Waals surface area contributed by atoms with Gasteiger partial charge in [0.1, 0.15) is 5.78 Å². The molecule has 0 aromatic rings. The Labute approximate surface area is 146 Å². The van der Waals surface area contributed by atoms with Gasteiger partial charge < -0.3 is 0 Å². The molecule has 3 fully saturated rings. The first kappa shape index (κ1) is 16.2. The van der Waals surface area contributed by atoms with Crippen LogP contribution in [0, 0.1) is 34.5 Å². The number of alkyl halides is 1. The maximum atomic E-state index is 12.2. The molecule has 4 rings (SSSR count). The van der Waals surface area contributed by atoms with Crippen molar-refractivity contribution in [2.45, 2.75) is 77.5 Å². The van der Waals surface area contributed by atoms with Crippen molar-refractivity contribution >= 4 is 17.4 Å². The Morgan fingerprint density at radius 3 is 2.65 bits per heavy atom. The number of rotatable bonds is 1. The zero-order valence-electron chi connectivity index (χ0n) is 14.9. The third-order valence-electron chi connectivity index (χ3n) is 8.53. The Balaban J connectivity index is 1.66. The number of carbonyl (C=O) groups excluding carboxylic acids is 1. The Kier molecular flexibility index (Phi) is 3.76. The van der Waals surface area contributed by atoms with Gasteiger partial charge in [-0.15, -0.1) is 11.6 Å². The Hall–Kier alpha value is -0.300. The summed E-state index contributed by atoms with van der Waals surface area (Å²) < 4.78 is 0. The maximum Gasteiger partial charge on any atom is 0.133 e. The molecule has 0 radical (unpaired) electrons. The van der Waals surface area contributed by atoms with E-state index in [1.54, 1.807) is 5.57 Å². The highest BCUT2D eigenvalue weighted by molar-refractivity contribution is 6.20. The highest BCUT2D eigenvalue weighted by atomic mass is 35.5. The van der Waals surface area contributed by atoms with E-state index in [0.29, 0.717) is 22.5 Å². The van der Waals surface area contributed by atoms with Gasteiger partial charge in [-0.2, -0.15) is 0 Å². The zero-order chi connectivity index (χ0) is 16.4. The largest absolute Gasteiger partial charge is 0.300 e. The Morgan fingerprint density at radius 1 is 1.13 bits per heavy atom. The van der Waals surface area contributed by atoms with Gasteiger partial charge in [-0.05, 0) is 86.9 Å². The van der Waals surface area contributed by atoms with Crippen LogP contribution in [0.2, 0.25) is 0 Å². The van der Waals surface area contributed by atoms with Crippen LogP contribution in [0.4, 0.5) is 0 Å². The molecule has 4 aliphatic carbocycles. The smallest absolute Gasteiger partial charge is 0.133 e. The molecule has 7 atom stereocenters. The number of fused-ring (bicyclic) bond motifs is 5. The van der Waals surface area contributed by atoms with Crippen molar-refractivity contribution in [2.75, 3.05) is 0 Å². The third kappa shape index (κ3) is 2.21. The summed E-state index contributed by atoms with van der Waals surface area (Å²) in [5.41, 5.74) is 2.33. The fourth-order valence-corrected chi connectivity index (χ4v) is 7.56. The minimum atomic E-state index is 0.276. The van der Waals surface area contributed by atoms with E-state index in [0.717, 1.165) is 30.6 Å². The molecule has 0 amide bonds. The van der Waals surface area contributed by atoms with Crippen molar-refractivity contribution < 1.29 is 4.79 Å². The van der Waals surface area contributed by atoms with E-state index in [2.05, 4.69) is 19.9 Å². The average molecular weight is 335 g/mol. The van der Waals surface area contributed by atoms with Gasteiger partial charge in [0.25, 0.3) is 0 Å². The molecule has 0 unspecified atom stereocenters. The lowest BCUT2D eigenvalue weighted by molar-refractivity contribution is -0.127. The topological polar surface area (TPSA) is 17.1 Å². The molecule has 0 aliphatic heterocycles. The van der Waals surface area contributed by atoms with Crippen molar-refractivity contribution in [3.05, 3.63) is 11.6 Å². The molecule has 4 aliphatic rings. The highest BCUT2D eigenvalue weighted by Gasteiger charge is 2.59. The maximum absolute atomic E-state index is 12.2. The number of carbonyl (C=O) groups is 1. The number of halogens is 1. The summed E-state index contributed by atoms with van der Waals surface area (Å²) in [6.07, 6.45) is 12.4. The average Bonchev–Trinajstić information content (AvgIpc) is 2.85. The zero-order valence-corrected chi connectivity index (χ0v) is 15.7. The number of hydrogen-bond acceptors (Lipinski definition) is 1. The number of Topliss-reactive ketones (excluding diaryl/α,β-unsaturated/α-hetero) is 1. The molecule has 0 saturated heterocycles. The SMILES string of the molecule is CC(=O)[C@H]1CC[C@H]2[C@@H]3CC=C4C[C@H](Cl)CC[C@]4(C)[C@H]3CC[C@]12C. The van der Waals surface area contributed by atoms with Gasteiger partial charge in [-0.25, -0.2) is 0 Å². The molecular weight excluding hydrogens is 304 g/mol. The molecule has 23 heavy (non-hydrogen) atoms. The fraction of sp³-hybridized carbons (Fsp3) is 0.857. The Morgan fingerprint density at radius 2 is 1.91 bits per heavy atom. The summed E-state index contributed by atoms with van der Waals surface area (Å²) in [4.78, 5) is 12.2. The van der Waals surface area contributed by atoms with Crippen LogP contribution < -0.4 is 0 Å². The molecular formula is C21H31ClO. The van der Waals surface area contributed by atoms with Gasteiger partial charge in [0.15, 0.2) is 0 Å². The summed E-state index contributed by atoms with van der Waals surface area (Å²) in [7, 11) is 0. The minimum absolute atomic E-state index is 0.276. The summed E-state index contributed by atoms with van der Waals surface area (Å²) in [5.74, 6) is 3.16. The molecule has 2 heteroatoms. The Bertz CT molecular complexity index is 552. The molecule has 0 bridgehead atoms. The van der Waals surface area contributed by atoms with Crippen LogP contribution in [0.5, 0.6) is 0 Å². The van der Waals surface area contributed by atoms with Crippen molar-refractivity contribution in [1.29, 1.82) is 0 Å². The van der Waals surface area contributed by atoms with E-state index < -0.39 is 0 Å². The normalized spacial score (nSPS) is 52.2. The number of ketones is 1. The number of allylic oxidation sites excluding steroid dienone is 2. The van der Waals surface area contributed by atoms with Crippen LogP contribution in [-0.2, 0) is 4.79 Å². The minimum Gasteiger partial charge on any atom is -0.300 e. The molecule has 0 N–H and O–H groups in total. The van der Waals surface area contributed by atoms with Gasteiger partial charge >= 0.3 is 0 Å². The van der Waals surface area contributed by atoms with Crippen LogP contribution in [-0.4, -0.2) is 11.2 Å². The first-order chi connectivity index (χ1) is 10.9. The van der Waals surface area contributed by atoms with E-state index in [1.165, 1.54) is 38.5 Å². The second kappa shape index (κ2) is 5.35. The van der Waals surface area contributed by atoms with Crippen LogP contribution in [0.25, 0.3) is 0 Å². The van der Waals surface area contributed by atoms with E-state index in [9.17, 15) is 4.79 Å². The first-order valence-corrected chi connectivity index (χ1v) is 10.1. The van der Waals surface area contributed by atoms with Crippen LogP contribution >= 0.6 is 11.6 Å². The lowest BCUT2D eigenvalue weighted by atomic mass is 9.47. The first-order valence-electron chi connectivity index (χ1n) is 9.70. The summed E-state index contributed by atoms with van der Waals surface area (Å²) in [6, 6.07) is 0. The number of hydrogen-bond donors (Lipinski definition) is 0. The van der Waals surface area contributed by atoms with Crippen molar-refractivity contribution in [1.82, 2.24) is 0 Å².